The van der Waals surface area contributed by atoms with E-state index >= 15 is 0 Å². The van der Waals surface area contributed by atoms with E-state index < -0.39 is 18.1 Å². The predicted octanol–water partition coefficient (Wildman–Crippen LogP) is 5.17. The number of alkyl halides is 3. The Morgan fingerprint density at radius 2 is 2.00 bits per heavy atom. The number of fused-ring (bicyclic) bond motifs is 1. The Kier molecular flexibility index (Phi) is 8.68. The van der Waals surface area contributed by atoms with E-state index in [1.165, 1.54) is 0 Å². The molecule has 0 spiro atoms. The normalized spacial score (nSPS) is 14.3. The van der Waals surface area contributed by atoms with Crippen LogP contribution in [0.5, 0.6) is 0 Å². The van der Waals surface area contributed by atoms with E-state index in [0.29, 0.717) is 17.1 Å². The number of aromatic nitrogens is 2. The van der Waals surface area contributed by atoms with Gasteiger partial charge in [0.25, 0.3) is 0 Å². The zero-order chi connectivity index (χ0) is 25.5. The van der Waals surface area contributed by atoms with Crippen LogP contribution in [0.4, 0.5) is 13.2 Å². The van der Waals surface area contributed by atoms with Gasteiger partial charge in [-0.25, -0.2) is 4.98 Å². The third kappa shape index (κ3) is 7.80. The molecule has 0 fully saturated rings. The van der Waals surface area contributed by atoms with Gasteiger partial charge in [-0.05, 0) is 51.1 Å². The smallest absolute Gasteiger partial charge is 0.376 e. The first kappa shape index (κ1) is 26.7. The molecule has 0 aliphatic rings. The summed E-state index contributed by atoms with van der Waals surface area (Å²) in [6.45, 7) is 8.01. The lowest BCUT2D eigenvalue weighted by atomic mass is 9.88. The van der Waals surface area contributed by atoms with Crippen molar-refractivity contribution < 1.29 is 18.0 Å². The summed E-state index contributed by atoms with van der Waals surface area (Å²) in [4.78, 5) is 20.5. The molecule has 0 bridgehead atoms. The molecule has 6 nitrogen and oxygen atoms in total. The predicted molar refractivity (Wildman–Crippen MR) is 127 cm³/mol. The van der Waals surface area contributed by atoms with E-state index in [0.717, 1.165) is 16.6 Å². The maximum absolute atomic E-state index is 12.7. The molecule has 0 saturated heterocycles. The highest BCUT2D eigenvalue weighted by atomic mass is 19.4. The maximum Gasteiger partial charge on any atom is 0.405 e. The molecule has 1 amide bonds. The summed E-state index contributed by atoms with van der Waals surface area (Å²) >= 11 is 0. The van der Waals surface area contributed by atoms with Gasteiger partial charge in [0, 0.05) is 23.6 Å². The minimum atomic E-state index is -4.31. The van der Waals surface area contributed by atoms with Gasteiger partial charge >= 0.3 is 6.18 Å². The number of H-pyrrole nitrogens is 1. The number of carbonyl (C=O) groups is 1. The molecule has 1 atom stereocenters. The summed E-state index contributed by atoms with van der Waals surface area (Å²) in [5.41, 5.74) is 2.50. The highest BCUT2D eigenvalue weighted by Crippen LogP contribution is 2.27. The Bertz CT molecular complexity index is 1150. The summed E-state index contributed by atoms with van der Waals surface area (Å²) in [5.74, 6) is 0.457. The quantitative estimate of drug-likeness (QED) is 0.438. The Balaban J connectivity index is 2.05. The number of imidazole rings is 1. The SMILES string of the molecule is C\C=C/C(=C\C=C(/C)[C@@H](C)NC(=O)CC(C)(C)c1nc2ccc(C#N)cc2[nH]1)NCC(F)(F)F. The summed E-state index contributed by atoms with van der Waals surface area (Å²) in [7, 11) is 0. The van der Waals surface area contributed by atoms with Gasteiger partial charge in [0.1, 0.15) is 12.4 Å². The van der Waals surface area contributed by atoms with E-state index in [1.807, 2.05) is 20.8 Å². The maximum atomic E-state index is 12.7. The van der Waals surface area contributed by atoms with Crippen LogP contribution in [0.3, 0.4) is 0 Å². The second-order valence-electron chi connectivity index (χ2n) is 8.78. The van der Waals surface area contributed by atoms with Crippen molar-refractivity contribution in [3.63, 3.8) is 0 Å². The van der Waals surface area contributed by atoms with Crippen LogP contribution in [-0.4, -0.2) is 34.6 Å². The topological polar surface area (TPSA) is 93.6 Å². The summed E-state index contributed by atoms with van der Waals surface area (Å²) in [6, 6.07) is 6.95. The number of nitrogens with one attached hydrogen (secondary N) is 3. The van der Waals surface area contributed by atoms with Gasteiger partial charge in [-0.3, -0.25) is 4.79 Å². The molecule has 34 heavy (non-hydrogen) atoms. The van der Waals surface area contributed by atoms with Crippen LogP contribution in [0.1, 0.15) is 52.4 Å². The molecule has 1 aromatic carbocycles. The van der Waals surface area contributed by atoms with Crippen LogP contribution in [0.25, 0.3) is 11.0 Å². The highest BCUT2D eigenvalue weighted by molar-refractivity contribution is 5.79. The molecular formula is C25H30F3N5O. The Labute approximate surface area is 197 Å². The van der Waals surface area contributed by atoms with Gasteiger partial charge in [0.05, 0.1) is 22.7 Å². The average molecular weight is 474 g/mol. The minimum absolute atomic E-state index is 0.169. The van der Waals surface area contributed by atoms with Gasteiger partial charge in [0.2, 0.25) is 5.91 Å². The van der Waals surface area contributed by atoms with E-state index in [4.69, 9.17) is 5.26 Å². The Hall–Kier alpha value is -3.54. The number of carbonyl (C=O) groups excluding carboxylic acids is 1. The molecule has 0 unspecified atom stereocenters. The van der Waals surface area contributed by atoms with E-state index in [2.05, 4.69) is 26.7 Å². The average Bonchev–Trinajstić information content (AvgIpc) is 3.18. The van der Waals surface area contributed by atoms with Crippen molar-refractivity contribution >= 4 is 16.9 Å². The van der Waals surface area contributed by atoms with Gasteiger partial charge in [-0.2, -0.15) is 18.4 Å². The van der Waals surface area contributed by atoms with Crippen LogP contribution in [0.2, 0.25) is 0 Å². The zero-order valence-electron chi connectivity index (χ0n) is 20.0. The minimum Gasteiger partial charge on any atom is -0.376 e. The first-order valence-corrected chi connectivity index (χ1v) is 10.9. The first-order chi connectivity index (χ1) is 15.8. The standard InChI is InChI=1S/C25H30F3N5O/c1-6-7-19(30-15-25(26,27)28)10-8-16(2)17(3)31-22(34)13-24(4,5)23-32-20-11-9-18(14-29)12-21(20)33-23/h6-12,17,30H,13,15H2,1-5H3,(H,31,34)(H,32,33)/b7-6-,16-8+,19-10+/t17-/m1/s1. The summed E-state index contributed by atoms with van der Waals surface area (Å²) in [6.07, 6.45) is 2.28. The fraction of sp³-hybridized carbons (Fsp3) is 0.400. The number of nitrogens with zero attached hydrogens (tertiary/aromatic N) is 2. The van der Waals surface area contributed by atoms with E-state index in [9.17, 15) is 18.0 Å². The van der Waals surface area contributed by atoms with Crippen molar-refractivity contribution in [3.8, 4) is 6.07 Å². The fourth-order valence-corrected chi connectivity index (χ4v) is 3.21. The second-order valence-corrected chi connectivity index (χ2v) is 8.78. The molecule has 0 radical (unpaired) electrons. The third-order valence-electron chi connectivity index (χ3n) is 5.28. The second kappa shape index (κ2) is 11.1. The molecule has 1 aromatic heterocycles. The molecule has 0 aliphatic carbocycles. The largest absolute Gasteiger partial charge is 0.405 e. The van der Waals surface area contributed by atoms with Crippen molar-refractivity contribution in [3.05, 3.63) is 65.2 Å². The number of rotatable bonds is 9. The fourth-order valence-electron chi connectivity index (χ4n) is 3.21. The van der Waals surface area contributed by atoms with Crippen LogP contribution >= 0.6 is 0 Å². The van der Waals surface area contributed by atoms with Gasteiger partial charge in [0.15, 0.2) is 0 Å². The molecule has 182 valence electrons. The summed E-state index contributed by atoms with van der Waals surface area (Å²) < 4.78 is 37.4. The number of halogens is 3. The number of hydrogen-bond acceptors (Lipinski definition) is 4. The van der Waals surface area contributed by atoms with Crippen molar-refractivity contribution in [2.24, 2.45) is 0 Å². The van der Waals surface area contributed by atoms with Crippen molar-refractivity contribution in [1.82, 2.24) is 20.6 Å². The van der Waals surface area contributed by atoms with E-state index in [-0.39, 0.29) is 18.4 Å². The highest BCUT2D eigenvalue weighted by Gasteiger charge is 2.29. The number of benzene rings is 1. The monoisotopic (exact) mass is 473 g/mol. The first-order valence-electron chi connectivity index (χ1n) is 10.9. The number of nitriles is 1. The van der Waals surface area contributed by atoms with Gasteiger partial charge in [-0.1, -0.05) is 31.6 Å². The van der Waals surface area contributed by atoms with Gasteiger partial charge < -0.3 is 15.6 Å². The molecular weight excluding hydrogens is 443 g/mol. The molecule has 2 rings (SSSR count). The van der Waals surface area contributed by atoms with Crippen LogP contribution in [-0.2, 0) is 10.2 Å². The molecule has 3 N–H and O–H groups in total. The lowest BCUT2D eigenvalue weighted by Gasteiger charge is -2.23. The number of hydrogen-bond donors (Lipinski definition) is 3. The lowest BCUT2D eigenvalue weighted by Crippen LogP contribution is -2.37. The number of aromatic amines is 1. The Morgan fingerprint density at radius 3 is 2.62 bits per heavy atom. The van der Waals surface area contributed by atoms with Crippen LogP contribution < -0.4 is 10.6 Å². The number of amides is 1. The molecule has 0 saturated carbocycles. The van der Waals surface area contributed by atoms with Crippen molar-refractivity contribution in [1.29, 1.82) is 5.26 Å². The van der Waals surface area contributed by atoms with Crippen molar-refractivity contribution in [2.75, 3.05) is 6.54 Å². The van der Waals surface area contributed by atoms with Crippen molar-refractivity contribution in [2.45, 2.75) is 58.7 Å². The van der Waals surface area contributed by atoms with Crippen LogP contribution in [0, 0.1) is 11.3 Å². The lowest BCUT2D eigenvalue weighted by molar-refractivity contribution is -0.123. The third-order valence-corrected chi connectivity index (χ3v) is 5.28. The van der Waals surface area contributed by atoms with Crippen LogP contribution in [0.15, 0.2) is 53.8 Å². The molecule has 0 aliphatic heterocycles. The van der Waals surface area contributed by atoms with Gasteiger partial charge in [-0.15, -0.1) is 0 Å². The van der Waals surface area contributed by atoms with E-state index in [1.54, 1.807) is 56.4 Å². The molecule has 9 heteroatoms. The summed E-state index contributed by atoms with van der Waals surface area (Å²) in [5, 5.41) is 14.4. The number of allylic oxidation sites excluding steroid dienone is 4. The molecule has 2 aromatic rings. The Morgan fingerprint density at radius 1 is 1.29 bits per heavy atom. The molecule has 1 heterocycles. The zero-order valence-corrected chi connectivity index (χ0v) is 20.0.